The number of sulfonamides is 1. The summed E-state index contributed by atoms with van der Waals surface area (Å²) in [7, 11) is -1.98. The van der Waals surface area contributed by atoms with Gasteiger partial charge in [-0.1, -0.05) is 19.1 Å². The number of aromatic nitrogens is 3. The SMILES string of the molecule is CCc1nnc(-c2cc(S(=O)(=O)N3CCN(c4ccccc4OC)CC3)c[nH]2)o1. The highest BCUT2D eigenvalue weighted by Gasteiger charge is 2.30. The van der Waals surface area contributed by atoms with Crippen LogP contribution >= 0.6 is 0 Å². The first kappa shape index (κ1) is 19.5. The van der Waals surface area contributed by atoms with Crippen molar-refractivity contribution in [1.82, 2.24) is 19.5 Å². The van der Waals surface area contributed by atoms with Crippen molar-refractivity contribution < 1.29 is 17.6 Å². The smallest absolute Gasteiger partial charge is 0.264 e. The number of piperazine rings is 1. The zero-order valence-electron chi connectivity index (χ0n) is 16.3. The average molecular weight is 417 g/mol. The van der Waals surface area contributed by atoms with Crippen molar-refractivity contribution in [1.29, 1.82) is 0 Å². The first-order valence-electron chi connectivity index (χ1n) is 9.42. The molecule has 3 aromatic rings. The van der Waals surface area contributed by atoms with Gasteiger partial charge in [-0.25, -0.2) is 8.42 Å². The third-order valence-corrected chi connectivity index (χ3v) is 6.83. The second-order valence-electron chi connectivity index (χ2n) is 6.67. The summed E-state index contributed by atoms with van der Waals surface area (Å²) >= 11 is 0. The zero-order chi connectivity index (χ0) is 20.4. The Morgan fingerprint density at radius 2 is 1.93 bits per heavy atom. The Balaban J connectivity index is 1.48. The van der Waals surface area contributed by atoms with Crippen LogP contribution in [0.2, 0.25) is 0 Å². The van der Waals surface area contributed by atoms with E-state index >= 15 is 0 Å². The lowest BCUT2D eigenvalue weighted by atomic mass is 10.2. The predicted octanol–water partition coefficient (Wildman–Crippen LogP) is 2.15. The summed E-state index contributed by atoms with van der Waals surface area (Å²) in [6, 6.07) is 9.29. The van der Waals surface area contributed by atoms with Gasteiger partial charge in [-0.2, -0.15) is 4.31 Å². The topological polar surface area (TPSA) is 105 Å². The van der Waals surface area contributed by atoms with E-state index in [4.69, 9.17) is 9.15 Å². The number of rotatable bonds is 6. The van der Waals surface area contributed by atoms with Crippen molar-refractivity contribution in [2.45, 2.75) is 18.2 Å². The van der Waals surface area contributed by atoms with Crippen LogP contribution in [0.1, 0.15) is 12.8 Å². The molecule has 1 aliphatic heterocycles. The summed E-state index contributed by atoms with van der Waals surface area (Å²) in [4.78, 5) is 5.25. The summed E-state index contributed by atoms with van der Waals surface area (Å²) in [5, 5.41) is 7.86. The fourth-order valence-electron chi connectivity index (χ4n) is 3.36. The molecule has 0 radical (unpaired) electrons. The molecule has 1 N–H and O–H groups in total. The standard InChI is InChI=1S/C19H23N5O4S/c1-3-18-21-22-19(28-18)15-12-14(13-20-15)29(25,26)24-10-8-23(9-11-24)16-6-4-5-7-17(16)27-2/h4-7,12-13,20H,3,8-11H2,1-2H3. The Bertz CT molecular complexity index is 1080. The fraction of sp³-hybridized carbons (Fsp3) is 0.368. The number of anilines is 1. The number of aryl methyl sites for hydroxylation is 1. The maximum Gasteiger partial charge on any atom is 0.264 e. The Morgan fingerprint density at radius 3 is 2.62 bits per heavy atom. The first-order chi connectivity index (χ1) is 14.0. The van der Waals surface area contributed by atoms with Crippen molar-refractivity contribution in [3.8, 4) is 17.3 Å². The van der Waals surface area contributed by atoms with Gasteiger partial charge in [-0.05, 0) is 18.2 Å². The van der Waals surface area contributed by atoms with Gasteiger partial charge in [0.1, 0.15) is 16.3 Å². The molecule has 2 aromatic heterocycles. The number of ether oxygens (including phenoxy) is 1. The van der Waals surface area contributed by atoms with E-state index in [0.29, 0.717) is 44.2 Å². The van der Waals surface area contributed by atoms with E-state index in [1.54, 1.807) is 7.11 Å². The van der Waals surface area contributed by atoms with E-state index < -0.39 is 10.0 Å². The fourth-order valence-corrected chi connectivity index (χ4v) is 4.78. The first-order valence-corrected chi connectivity index (χ1v) is 10.9. The van der Waals surface area contributed by atoms with Gasteiger partial charge in [0.05, 0.1) is 12.8 Å². The van der Waals surface area contributed by atoms with Crippen molar-refractivity contribution >= 4 is 15.7 Å². The minimum absolute atomic E-state index is 0.189. The molecule has 154 valence electrons. The largest absolute Gasteiger partial charge is 0.495 e. The molecule has 1 fully saturated rings. The molecule has 1 aliphatic rings. The van der Waals surface area contributed by atoms with Crippen LogP contribution in [-0.2, 0) is 16.4 Å². The van der Waals surface area contributed by atoms with Crippen LogP contribution in [0, 0.1) is 0 Å². The third kappa shape index (κ3) is 3.73. The van der Waals surface area contributed by atoms with Crippen LogP contribution in [0.4, 0.5) is 5.69 Å². The van der Waals surface area contributed by atoms with Gasteiger partial charge in [0.2, 0.25) is 15.9 Å². The van der Waals surface area contributed by atoms with E-state index in [0.717, 1.165) is 11.4 Å². The van der Waals surface area contributed by atoms with Gasteiger partial charge < -0.3 is 19.0 Å². The number of benzene rings is 1. The van der Waals surface area contributed by atoms with Crippen molar-refractivity contribution in [2.24, 2.45) is 0 Å². The van der Waals surface area contributed by atoms with E-state index in [2.05, 4.69) is 20.1 Å². The second kappa shape index (κ2) is 7.88. The predicted molar refractivity (Wildman–Crippen MR) is 107 cm³/mol. The number of methoxy groups -OCH3 is 1. The molecule has 1 aromatic carbocycles. The minimum Gasteiger partial charge on any atom is -0.495 e. The molecule has 0 atom stereocenters. The summed E-state index contributed by atoms with van der Waals surface area (Å²) < 4.78 is 38.5. The van der Waals surface area contributed by atoms with Gasteiger partial charge in [0, 0.05) is 38.8 Å². The molecule has 0 aliphatic carbocycles. The van der Waals surface area contributed by atoms with Gasteiger partial charge in [0.25, 0.3) is 5.89 Å². The molecule has 4 rings (SSSR count). The maximum absolute atomic E-state index is 13.1. The summed E-state index contributed by atoms with van der Waals surface area (Å²) in [5.74, 6) is 1.57. The molecule has 1 saturated heterocycles. The Kier molecular flexibility index (Phi) is 5.29. The number of nitrogens with zero attached hydrogens (tertiary/aromatic N) is 4. The van der Waals surface area contributed by atoms with Gasteiger partial charge in [-0.3, -0.25) is 0 Å². The number of H-pyrrole nitrogens is 1. The summed E-state index contributed by atoms with van der Waals surface area (Å²) in [5.41, 5.74) is 1.46. The molecule has 29 heavy (non-hydrogen) atoms. The highest BCUT2D eigenvalue weighted by Crippen LogP contribution is 2.30. The van der Waals surface area contributed by atoms with Gasteiger partial charge >= 0.3 is 0 Å². The van der Waals surface area contributed by atoms with E-state index in [1.165, 1.54) is 16.6 Å². The molecule has 0 bridgehead atoms. The lowest BCUT2D eigenvalue weighted by Crippen LogP contribution is -2.48. The van der Waals surface area contributed by atoms with Crippen molar-refractivity contribution in [3.05, 3.63) is 42.4 Å². The monoisotopic (exact) mass is 417 g/mol. The van der Waals surface area contributed by atoms with Crippen molar-refractivity contribution in [2.75, 3.05) is 38.2 Å². The van der Waals surface area contributed by atoms with Gasteiger partial charge in [0.15, 0.2) is 0 Å². The molecule has 0 amide bonds. The highest BCUT2D eigenvalue weighted by molar-refractivity contribution is 7.89. The molecule has 0 unspecified atom stereocenters. The average Bonchev–Trinajstić information content (AvgIpc) is 3.43. The molecule has 0 spiro atoms. The Morgan fingerprint density at radius 1 is 1.17 bits per heavy atom. The lowest BCUT2D eigenvalue weighted by Gasteiger charge is -2.35. The van der Waals surface area contributed by atoms with Crippen LogP contribution in [0.5, 0.6) is 5.75 Å². The number of para-hydroxylation sites is 2. The molecule has 0 saturated carbocycles. The van der Waals surface area contributed by atoms with E-state index in [-0.39, 0.29) is 10.8 Å². The van der Waals surface area contributed by atoms with E-state index in [9.17, 15) is 8.42 Å². The van der Waals surface area contributed by atoms with Crippen LogP contribution in [-0.4, -0.2) is 61.2 Å². The van der Waals surface area contributed by atoms with Crippen LogP contribution in [0.25, 0.3) is 11.6 Å². The Labute approximate surface area is 169 Å². The number of hydrogen-bond acceptors (Lipinski definition) is 7. The molecule has 10 heteroatoms. The highest BCUT2D eigenvalue weighted by atomic mass is 32.2. The summed E-state index contributed by atoms with van der Waals surface area (Å²) in [6.07, 6.45) is 2.09. The number of hydrogen-bond donors (Lipinski definition) is 1. The Hall–Kier alpha value is -2.85. The second-order valence-corrected chi connectivity index (χ2v) is 8.60. The lowest BCUT2D eigenvalue weighted by molar-refractivity contribution is 0.378. The van der Waals surface area contributed by atoms with Crippen molar-refractivity contribution in [3.63, 3.8) is 0 Å². The zero-order valence-corrected chi connectivity index (χ0v) is 17.1. The number of aromatic amines is 1. The molecule has 3 heterocycles. The molecule has 9 nitrogen and oxygen atoms in total. The maximum atomic E-state index is 13.1. The normalized spacial score (nSPS) is 15.6. The van der Waals surface area contributed by atoms with Crippen LogP contribution in [0.3, 0.4) is 0 Å². The third-order valence-electron chi connectivity index (χ3n) is 4.96. The quantitative estimate of drug-likeness (QED) is 0.655. The summed E-state index contributed by atoms with van der Waals surface area (Å²) in [6.45, 7) is 3.86. The van der Waals surface area contributed by atoms with Gasteiger partial charge in [-0.15, -0.1) is 10.2 Å². The number of nitrogens with one attached hydrogen (secondary N) is 1. The van der Waals surface area contributed by atoms with Crippen LogP contribution < -0.4 is 9.64 Å². The van der Waals surface area contributed by atoms with Crippen LogP contribution in [0.15, 0.2) is 45.8 Å². The molecular weight excluding hydrogens is 394 g/mol. The molecular formula is C19H23N5O4S. The minimum atomic E-state index is -3.61. The van der Waals surface area contributed by atoms with E-state index in [1.807, 2.05) is 31.2 Å².